The molecule has 0 unspecified atom stereocenters. The van der Waals surface area contributed by atoms with Crippen LogP contribution >= 0.6 is 0 Å². The fraction of sp³-hybridized carbons (Fsp3) is 0.500. The molecule has 0 aromatic heterocycles. The van der Waals surface area contributed by atoms with Crippen molar-refractivity contribution in [3.8, 4) is 0 Å². The fourth-order valence-corrected chi connectivity index (χ4v) is 1.16. The summed E-state index contributed by atoms with van der Waals surface area (Å²) in [7, 11) is 0. The molecule has 13 heavy (non-hydrogen) atoms. The number of nitrogens with one attached hydrogen (secondary N) is 2. The van der Waals surface area contributed by atoms with Gasteiger partial charge in [-0.3, -0.25) is 9.59 Å². The SMILES string of the molecule is C=C(N)C(=O)N[C@H]1CCCNC1=O. The first-order chi connectivity index (χ1) is 6.11. The van der Waals surface area contributed by atoms with Crippen molar-refractivity contribution in [2.24, 2.45) is 5.73 Å². The first-order valence-electron chi connectivity index (χ1n) is 4.14. The Labute approximate surface area is 76.4 Å². The molecule has 0 aromatic rings. The molecule has 4 N–H and O–H groups in total. The summed E-state index contributed by atoms with van der Waals surface area (Å²) in [4.78, 5) is 22.2. The highest BCUT2D eigenvalue weighted by Crippen LogP contribution is 2.02. The summed E-state index contributed by atoms with van der Waals surface area (Å²) in [5.74, 6) is -0.622. The molecule has 0 aliphatic carbocycles. The molecule has 1 aliphatic rings. The first-order valence-corrected chi connectivity index (χ1v) is 4.14. The van der Waals surface area contributed by atoms with Gasteiger partial charge in [-0.05, 0) is 12.8 Å². The van der Waals surface area contributed by atoms with Crippen molar-refractivity contribution in [1.29, 1.82) is 0 Å². The van der Waals surface area contributed by atoms with Gasteiger partial charge in [-0.15, -0.1) is 0 Å². The molecule has 0 saturated carbocycles. The monoisotopic (exact) mass is 183 g/mol. The molecule has 0 aromatic carbocycles. The number of nitrogens with two attached hydrogens (primary N) is 1. The summed E-state index contributed by atoms with van der Waals surface area (Å²) < 4.78 is 0. The van der Waals surface area contributed by atoms with Gasteiger partial charge in [0.05, 0.1) is 5.70 Å². The largest absolute Gasteiger partial charge is 0.395 e. The zero-order valence-corrected chi connectivity index (χ0v) is 7.30. The van der Waals surface area contributed by atoms with Gasteiger partial charge in [0.1, 0.15) is 6.04 Å². The third kappa shape index (κ3) is 2.47. The minimum Gasteiger partial charge on any atom is -0.395 e. The van der Waals surface area contributed by atoms with Gasteiger partial charge in [0.15, 0.2) is 0 Å². The fourth-order valence-electron chi connectivity index (χ4n) is 1.16. The van der Waals surface area contributed by atoms with E-state index in [1.54, 1.807) is 0 Å². The summed E-state index contributed by atoms with van der Waals surface area (Å²) >= 11 is 0. The van der Waals surface area contributed by atoms with Crippen molar-refractivity contribution in [3.05, 3.63) is 12.3 Å². The number of hydrogen-bond acceptors (Lipinski definition) is 3. The van der Waals surface area contributed by atoms with Gasteiger partial charge in [-0.1, -0.05) is 6.58 Å². The number of carbonyl (C=O) groups excluding carboxylic acids is 2. The van der Waals surface area contributed by atoms with E-state index < -0.39 is 11.9 Å². The van der Waals surface area contributed by atoms with Gasteiger partial charge in [0, 0.05) is 6.54 Å². The van der Waals surface area contributed by atoms with Crippen molar-refractivity contribution in [2.75, 3.05) is 6.54 Å². The maximum absolute atomic E-state index is 11.2. The Kier molecular flexibility index (Phi) is 2.89. The number of hydrogen-bond donors (Lipinski definition) is 3. The second-order valence-electron chi connectivity index (χ2n) is 2.98. The van der Waals surface area contributed by atoms with Crippen LogP contribution in [0, 0.1) is 0 Å². The van der Waals surface area contributed by atoms with Crippen LogP contribution in [0.15, 0.2) is 12.3 Å². The highest BCUT2D eigenvalue weighted by atomic mass is 16.2. The molecule has 5 heteroatoms. The van der Waals surface area contributed by atoms with Crippen LogP contribution in [-0.4, -0.2) is 24.4 Å². The molecule has 1 rings (SSSR count). The van der Waals surface area contributed by atoms with E-state index in [-0.39, 0.29) is 11.6 Å². The summed E-state index contributed by atoms with van der Waals surface area (Å²) in [6, 6.07) is -0.457. The number of piperidine rings is 1. The molecule has 5 nitrogen and oxygen atoms in total. The normalized spacial score (nSPS) is 21.8. The average molecular weight is 183 g/mol. The molecular weight excluding hydrogens is 170 g/mol. The van der Waals surface area contributed by atoms with Gasteiger partial charge in [-0.25, -0.2) is 0 Å². The quantitative estimate of drug-likeness (QED) is 0.473. The summed E-state index contributed by atoms with van der Waals surface area (Å²) in [6.45, 7) is 3.95. The number of rotatable bonds is 2. The molecule has 1 aliphatic heterocycles. The van der Waals surface area contributed by atoms with E-state index in [1.807, 2.05) is 0 Å². The van der Waals surface area contributed by atoms with Crippen LogP contribution in [0.2, 0.25) is 0 Å². The zero-order valence-electron chi connectivity index (χ0n) is 7.30. The van der Waals surface area contributed by atoms with E-state index in [2.05, 4.69) is 17.2 Å². The molecule has 72 valence electrons. The van der Waals surface area contributed by atoms with E-state index in [0.717, 1.165) is 6.42 Å². The molecule has 1 atom stereocenters. The Morgan fingerprint density at radius 1 is 1.69 bits per heavy atom. The van der Waals surface area contributed by atoms with Crippen molar-refractivity contribution >= 4 is 11.8 Å². The molecule has 0 radical (unpaired) electrons. The lowest BCUT2D eigenvalue weighted by Gasteiger charge is -2.22. The van der Waals surface area contributed by atoms with Crippen molar-refractivity contribution < 1.29 is 9.59 Å². The Morgan fingerprint density at radius 3 is 2.92 bits per heavy atom. The summed E-state index contributed by atoms with van der Waals surface area (Å²) in [6.07, 6.45) is 1.53. The van der Waals surface area contributed by atoms with Gasteiger partial charge in [0.2, 0.25) is 5.91 Å². The van der Waals surface area contributed by atoms with Crippen LogP contribution in [0.1, 0.15) is 12.8 Å². The van der Waals surface area contributed by atoms with E-state index in [1.165, 1.54) is 0 Å². The van der Waals surface area contributed by atoms with E-state index in [0.29, 0.717) is 13.0 Å². The first kappa shape index (κ1) is 9.57. The number of carbonyl (C=O) groups is 2. The Bertz CT molecular complexity index is 250. The molecule has 1 fully saturated rings. The third-order valence-corrected chi connectivity index (χ3v) is 1.88. The second kappa shape index (κ2) is 3.93. The highest BCUT2D eigenvalue weighted by molar-refractivity contribution is 5.95. The molecule has 1 heterocycles. The molecule has 0 bridgehead atoms. The smallest absolute Gasteiger partial charge is 0.267 e. The van der Waals surface area contributed by atoms with Crippen molar-refractivity contribution in [3.63, 3.8) is 0 Å². The van der Waals surface area contributed by atoms with Crippen LogP contribution in [0.25, 0.3) is 0 Å². The predicted molar refractivity (Wildman–Crippen MR) is 47.5 cm³/mol. The summed E-state index contributed by atoms with van der Waals surface area (Å²) in [5, 5.41) is 5.14. The topological polar surface area (TPSA) is 84.2 Å². The zero-order chi connectivity index (χ0) is 9.84. The maximum Gasteiger partial charge on any atom is 0.267 e. The van der Waals surface area contributed by atoms with Gasteiger partial charge < -0.3 is 16.4 Å². The van der Waals surface area contributed by atoms with Crippen LogP contribution in [0.5, 0.6) is 0 Å². The predicted octanol–water partition coefficient (Wildman–Crippen LogP) is -1.15. The van der Waals surface area contributed by atoms with E-state index >= 15 is 0 Å². The van der Waals surface area contributed by atoms with Crippen molar-refractivity contribution in [1.82, 2.24) is 10.6 Å². The molecular formula is C8H13N3O2. The lowest BCUT2D eigenvalue weighted by Crippen LogP contribution is -2.50. The van der Waals surface area contributed by atoms with E-state index in [9.17, 15) is 9.59 Å². The van der Waals surface area contributed by atoms with Gasteiger partial charge in [0.25, 0.3) is 5.91 Å². The third-order valence-electron chi connectivity index (χ3n) is 1.88. The van der Waals surface area contributed by atoms with Gasteiger partial charge in [-0.2, -0.15) is 0 Å². The van der Waals surface area contributed by atoms with Crippen LogP contribution in [-0.2, 0) is 9.59 Å². The van der Waals surface area contributed by atoms with Crippen molar-refractivity contribution in [2.45, 2.75) is 18.9 Å². The highest BCUT2D eigenvalue weighted by Gasteiger charge is 2.23. The van der Waals surface area contributed by atoms with Gasteiger partial charge >= 0.3 is 0 Å². The molecule has 2 amide bonds. The molecule has 0 spiro atoms. The van der Waals surface area contributed by atoms with Crippen LogP contribution < -0.4 is 16.4 Å². The average Bonchev–Trinajstić information content (AvgIpc) is 2.08. The second-order valence-corrected chi connectivity index (χ2v) is 2.98. The van der Waals surface area contributed by atoms with E-state index in [4.69, 9.17) is 5.73 Å². The Morgan fingerprint density at radius 2 is 2.38 bits per heavy atom. The van der Waals surface area contributed by atoms with Crippen LogP contribution in [0.4, 0.5) is 0 Å². The maximum atomic E-state index is 11.2. The molecule has 1 saturated heterocycles. The number of amides is 2. The van der Waals surface area contributed by atoms with Crippen LogP contribution in [0.3, 0.4) is 0 Å². The Balaban J connectivity index is 2.47. The Hall–Kier alpha value is -1.52. The summed E-state index contributed by atoms with van der Waals surface area (Å²) in [5.41, 5.74) is 5.09. The minimum absolute atomic E-state index is 0.0710. The minimum atomic E-state index is -0.470. The lowest BCUT2D eigenvalue weighted by molar-refractivity contribution is -0.128. The standard InChI is InChI=1S/C8H13N3O2/c1-5(9)7(12)11-6-3-2-4-10-8(6)13/h6H,1-4,9H2,(H,10,13)(H,11,12)/t6-/m0/s1. The lowest BCUT2D eigenvalue weighted by atomic mass is 10.1.